The Morgan fingerprint density at radius 3 is 2.65 bits per heavy atom. The van der Waals surface area contributed by atoms with Crippen molar-refractivity contribution in [2.45, 2.75) is 36.6 Å². The van der Waals surface area contributed by atoms with Crippen LogP contribution in [0.2, 0.25) is 10.0 Å². The van der Waals surface area contributed by atoms with Crippen LogP contribution in [0.5, 0.6) is 0 Å². The van der Waals surface area contributed by atoms with Crippen LogP contribution in [0.15, 0.2) is 52.4 Å². The van der Waals surface area contributed by atoms with Crippen molar-refractivity contribution in [1.29, 1.82) is 0 Å². The minimum Gasteiger partial charge on any atom is -0.268 e. The van der Waals surface area contributed by atoms with Crippen molar-refractivity contribution in [1.82, 2.24) is 9.55 Å². The summed E-state index contributed by atoms with van der Waals surface area (Å²) in [5.41, 5.74) is 2.13. The molecule has 4 aromatic rings. The highest BCUT2D eigenvalue weighted by Gasteiger charge is 2.23. The van der Waals surface area contributed by atoms with Gasteiger partial charge >= 0.3 is 0 Å². The summed E-state index contributed by atoms with van der Waals surface area (Å²) in [6, 6.07) is 11.7. The van der Waals surface area contributed by atoms with Crippen LogP contribution in [0, 0.1) is 5.82 Å². The minimum atomic E-state index is -0.368. The van der Waals surface area contributed by atoms with Gasteiger partial charge in [0.2, 0.25) is 0 Å². The van der Waals surface area contributed by atoms with Crippen molar-refractivity contribution in [2.75, 3.05) is 0 Å². The second kappa shape index (κ2) is 8.58. The molecule has 0 bridgehead atoms. The summed E-state index contributed by atoms with van der Waals surface area (Å²) in [4.78, 5) is 20.6. The third-order valence-electron chi connectivity index (χ3n) is 5.45. The molecular weight excluding hydrogens is 474 g/mol. The normalized spacial score (nSPS) is 13.5. The molecule has 0 amide bonds. The third-order valence-corrected chi connectivity index (χ3v) is 8.21. The summed E-state index contributed by atoms with van der Waals surface area (Å²) in [5.74, 6) is -0.102. The van der Waals surface area contributed by atoms with Crippen LogP contribution >= 0.6 is 46.3 Å². The van der Waals surface area contributed by atoms with E-state index in [0.29, 0.717) is 31.8 Å². The van der Waals surface area contributed by atoms with Gasteiger partial charge in [0, 0.05) is 26.2 Å². The van der Waals surface area contributed by atoms with Crippen molar-refractivity contribution < 1.29 is 4.39 Å². The molecule has 0 spiro atoms. The van der Waals surface area contributed by atoms with Gasteiger partial charge in [-0.3, -0.25) is 9.36 Å². The highest BCUT2D eigenvalue weighted by Crippen LogP contribution is 2.36. The molecule has 2 aromatic heterocycles. The van der Waals surface area contributed by atoms with Crippen LogP contribution in [0.3, 0.4) is 0 Å². The molecule has 8 heteroatoms. The average Bonchev–Trinajstić information content (AvgIpc) is 3.13. The number of rotatable bonds is 4. The quantitative estimate of drug-likeness (QED) is 0.226. The Balaban J connectivity index is 1.67. The third kappa shape index (κ3) is 3.91. The van der Waals surface area contributed by atoms with E-state index in [1.54, 1.807) is 52.3 Å². The Kier molecular flexibility index (Phi) is 5.82. The molecule has 3 nitrogen and oxygen atoms in total. The van der Waals surface area contributed by atoms with Gasteiger partial charge in [0.05, 0.1) is 11.1 Å². The van der Waals surface area contributed by atoms with Crippen molar-refractivity contribution in [3.8, 4) is 5.69 Å². The summed E-state index contributed by atoms with van der Waals surface area (Å²) < 4.78 is 15.9. The van der Waals surface area contributed by atoms with Crippen molar-refractivity contribution >= 4 is 56.5 Å². The average molecular weight is 491 g/mol. The fourth-order valence-electron chi connectivity index (χ4n) is 3.91. The van der Waals surface area contributed by atoms with Gasteiger partial charge in [-0.15, -0.1) is 11.3 Å². The predicted molar refractivity (Wildman–Crippen MR) is 128 cm³/mol. The van der Waals surface area contributed by atoms with E-state index in [1.807, 2.05) is 0 Å². The van der Waals surface area contributed by atoms with Crippen LogP contribution in [0.4, 0.5) is 4.39 Å². The molecule has 0 N–H and O–H groups in total. The highest BCUT2D eigenvalue weighted by atomic mass is 35.5. The van der Waals surface area contributed by atoms with E-state index in [2.05, 4.69) is 0 Å². The number of hydrogen-bond donors (Lipinski definition) is 0. The second-order valence-electron chi connectivity index (χ2n) is 7.39. The summed E-state index contributed by atoms with van der Waals surface area (Å²) in [7, 11) is 0. The van der Waals surface area contributed by atoms with Crippen LogP contribution in [-0.2, 0) is 18.6 Å². The number of hydrogen-bond acceptors (Lipinski definition) is 4. The van der Waals surface area contributed by atoms with E-state index in [0.717, 1.165) is 36.1 Å². The molecular formula is C23H17Cl2FN2OS2. The van der Waals surface area contributed by atoms with Gasteiger partial charge in [-0.25, -0.2) is 9.37 Å². The van der Waals surface area contributed by atoms with E-state index in [4.69, 9.17) is 28.2 Å². The molecule has 1 aliphatic carbocycles. The van der Waals surface area contributed by atoms with Gasteiger partial charge in [-0.1, -0.05) is 41.0 Å². The first kappa shape index (κ1) is 21.0. The van der Waals surface area contributed by atoms with Crippen molar-refractivity contribution in [3.63, 3.8) is 0 Å². The van der Waals surface area contributed by atoms with Crippen molar-refractivity contribution in [2.24, 2.45) is 0 Å². The number of benzene rings is 2. The lowest BCUT2D eigenvalue weighted by Crippen LogP contribution is -2.22. The van der Waals surface area contributed by atoms with Crippen LogP contribution in [0.1, 0.15) is 28.8 Å². The van der Waals surface area contributed by atoms with E-state index >= 15 is 0 Å². The van der Waals surface area contributed by atoms with E-state index in [1.165, 1.54) is 22.7 Å². The maximum Gasteiger partial charge on any atom is 0.267 e. The van der Waals surface area contributed by atoms with E-state index < -0.39 is 0 Å². The summed E-state index contributed by atoms with van der Waals surface area (Å²) in [5, 5.41) is 2.17. The van der Waals surface area contributed by atoms with E-state index in [-0.39, 0.29) is 17.1 Å². The molecule has 2 heterocycles. The summed E-state index contributed by atoms with van der Waals surface area (Å²) in [6.07, 6.45) is 4.12. The first-order valence-corrected chi connectivity index (χ1v) is 12.5. The highest BCUT2D eigenvalue weighted by molar-refractivity contribution is 7.98. The molecule has 0 saturated carbocycles. The number of thiophene rings is 1. The summed E-state index contributed by atoms with van der Waals surface area (Å²) >= 11 is 15.2. The first-order valence-electron chi connectivity index (χ1n) is 9.92. The Morgan fingerprint density at radius 2 is 1.87 bits per heavy atom. The topological polar surface area (TPSA) is 34.9 Å². The second-order valence-corrected chi connectivity index (χ2v) is 10.3. The molecule has 0 fully saturated rings. The molecule has 0 aliphatic heterocycles. The van der Waals surface area contributed by atoms with Gasteiger partial charge in [0.15, 0.2) is 5.16 Å². The lowest BCUT2D eigenvalue weighted by atomic mass is 9.97. The zero-order valence-corrected chi connectivity index (χ0v) is 19.5. The van der Waals surface area contributed by atoms with Crippen LogP contribution < -0.4 is 5.56 Å². The maximum atomic E-state index is 14.3. The number of aryl methyl sites for hydroxylation is 2. The SMILES string of the molecule is O=c1c2c3c(sc2nc(SCc2c(F)cccc2Cl)n1-c1ccc(Cl)cc1)CCCC3. The number of thioether (sulfide) groups is 1. The fourth-order valence-corrected chi connectivity index (χ4v) is 6.69. The van der Waals surface area contributed by atoms with Gasteiger partial charge in [-0.2, -0.15) is 0 Å². The molecule has 0 atom stereocenters. The van der Waals surface area contributed by atoms with Crippen molar-refractivity contribution in [3.05, 3.63) is 84.7 Å². The Labute approximate surface area is 196 Å². The Morgan fingerprint density at radius 1 is 1.10 bits per heavy atom. The lowest BCUT2D eigenvalue weighted by Gasteiger charge is -2.14. The molecule has 0 unspecified atom stereocenters. The number of nitrogens with zero attached hydrogens (tertiary/aromatic N) is 2. The minimum absolute atomic E-state index is 0.0890. The molecule has 158 valence electrons. The fraction of sp³-hybridized carbons (Fsp3) is 0.217. The number of halogens is 3. The first-order chi connectivity index (χ1) is 15.0. The zero-order valence-electron chi connectivity index (χ0n) is 16.3. The zero-order chi connectivity index (χ0) is 21.5. The maximum absolute atomic E-state index is 14.3. The van der Waals surface area contributed by atoms with Gasteiger partial charge in [0.25, 0.3) is 5.56 Å². The Hall–Kier alpha value is -1.86. The molecule has 31 heavy (non-hydrogen) atoms. The predicted octanol–water partition coefficient (Wildman–Crippen LogP) is 7.06. The van der Waals surface area contributed by atoms with E-state index in [9.17, 15) is 9.18 Å². The van der Waals surface area contributed by atoms with Crippen LogP contribution in [0.25, 0.3) is 15.9 Å². The smallest absolute Gasteiger partial charge is 0.267 e. The molecule has 5 rings (SSSR count). The van der Waals surface area contributed by atoms with Gasteiger partial charge < -0.3 is 0 Å². The van der Waals surface area contributed by atoms with Gasteiger partial charge in [0.1, 0.15) is 10.6 Å². The molecule has 1 aliphatic rings. The molecule has 0 radical (unpaired) electrons. The van der Waals surface area contributed by atoms with Gasteiger partial charge in [-0.05, 0) is 67.6 Å². The number of fused-ring (bicyclic) bond motifs is 3. The number of aromatic nitrogens is 2. The lowest BCUT2D eigenvalue weighted by molar-refractivity contribution is 0.617. The molecule has 2 aromatic carbocycles. The Bertz CT molecular complexity index is 1330. The standard InChI is InChI=1S/C23H17Cl2FN2OS2/c24-13-8-10-14(11-9-13)28-22(29)20-15-4-1-2-7-19(15)31-21(20)27-23(28)30-12-16-17(25)5-3-6-18(16)26/h3,5-6,8-11H,1-2,4,7,12H2. The van der Waals surface area contributed by atoms with Crippen LogP contribution in [-0.4, -0.2) is 9.55 Å². The largest absolute Gasteiger partial charge is 0.268 e. The molecule has 0 saturated heterocycles. The monoisotopic (exact) mass is 490 g/mol. The summed E-state index contributed by atoms with van der Waals surface area (Å²) in [6.45, 7) is 0.